The predicted molar refractivity (Wildman–Crippen MR) is 59.7 cm³/mol. The third-order valence-electron chi connectivity index (χ3n) is 2.36. The molecule has 0 fully saturated rings. The molecule has 0 aliphatic carbocycles. The van der Waals surface area contributed by atoms with E-state index in [-0.39, 0.29) is 0 Å². The fraction of sp³-hybridized carbons (Fsp3) is 1.00. The van der Waals surface area contributed by atoms with Gasteiger partial charge in [-0.15, -0.1) is 0 Å². The van der Waals surface area contributed by atoms with Crippen molar-refractivity contribution in [3.8, 4) is 0 Å². The van der Waals surface area contributed by atoms with Gasteiger partial charge in [-0.2, -0.15) is 11.8 Å². The smallest absolute Gasteiger partial charge is 0.00558 e. The summed E-state index contributed by atoms with van der Waals surface area (Å²) in [6.45, 7) is 7.79. The van der Waals surface area contributed by atoms with Crippen molar-refractivity contribution >= 4 is 11.8 Å². The van der Waals surface area contributed by atoms with E-state index in [1.165, 1.54) is 25.0 Å². The van der Waals surface area contributed by atoms with Crippen molar-refractivity contribution in [3.63, 3.8) is 0 Å². The Balaban J connectivity index is 3.19. The minimum atomic E-state index is 0.545. The lowest BCUT2D eigenvalue weighted by molar-refractivity contribution is 0.320. The molecule has 0 amide bonds. The van der Waals surface area contributed by atoms with Crippen LogP contribution >= 0.6 is 11.8 Å². The maximum absolute atomic E-state index is 5.40. The standard InChI is InChI=1S/C10H23NS/c1-4-10(2,3)6-5-8-12-9-7-11/h4-9,11H2,1-3H3. The first-order valence-corrected chi connectivity index (χ1v) is 6.05. The van der Waals surface area contributed by atoms with E-state index in [1.54, 1.807) is 0 Å². The highest BCUT2D eigenvalue weighted by Crippen LogP contribution is 2.26. The molecule has 74 valence electrons. The van der Waals surface area contributed by atoms with Gasteiger partial charge < -0.3 is 5.73 Å². The maximum atomic E-state index is 5.40. The third-order valence-corrected chi connectivity index (χ3v) is 3.46. The Labute approximate surface area is 81.5 Å². The summed E-state index contributed by atoms with van der Waals surface area (Å²) in [6.07, 6.45) is 3.97. The van der Waals surface area contributed by atoms with Crippen molar-refractivity contribution < 1.29 is 0 Å². The van der Waals surface area contributed by atoms with E-state index >= 15 is 0 Å². The Kier molecular flexibility index (Phi) is 6.96. The average molecular weight is 189 g/mol. The second-order valence-electron chi connectivity index (χ2n) is 4.02. The number of hydrogen-bond acceptors (Lipinski definition) is 2. The van der Waals surface area contributed by atoms with Gasteiger partial charge in [0.05, 0.1) is 0 Å². The molecule has 0 aliphatic rings. The highest BCUT2D eigenvalue weighted by molar-refractivity contribution is 7.99. The van der Waals surface area contributed by atoms with E-state index in [1.807, 2.05) is 11.8 Å². The minimum Gasteiger partial charge on any atom is -0.330 e. The molecule has 0 aromatic heterocycles. The molecule has 0 rings (SSSR count). The molecule has 0 aliphatic heterocycles. The minimum absolute atomic E-state index is 0.545. The van der Waals surface area contributed by atoms with Gasteiger partial charge >= 0.3 is 0 Å². The summed E-state index contributed by atoms with van der Waals surface area (Å²) in [7, 11) is 0. The van der Waals surface area contributed by atoms with Gasteiger partial charge in [0, 0.05) is 12.3 Å². The maximum Gasteiger partial charge on any atom is 0.00558 e. The Morgan fingerprint density at radius 1 is 1.25 bits per heavy atom. The van der Waals surface area contributed by atoms with Crippen LogP contribution in [-0.2, 0) is 0 Å². The first-order chi connectivity index (χ1) is 5.62. The summed E-state index contributed by atoms with van der Waals surface area (Å²) < 4.78 is 0. The number of hydrogen-bond donors (Lipinski definition) is 1. The highest BCUT2D eigenvalue weighted by Gasteiger charge is 2.13. The zero-order chi connectivity index (χ0) is 9.45. The fourth-order valence-corrected chi connectivity index (χ4v) is 1.73. The van der Waals surface area contributed by atoms with E-state index in [0.717, 1.165) is 12.3 Å². The monoisotopic (exact) mass is 189 g/mol. The average Bonchev–Trinajstić information content (AvgIpc) is 2.04. The zero-order valence-corrected chi connectivity index (χ0v) is 9.54. The molecule has 0 bridgehead atoms. The molecule has 0 radical (unpaired) electrons. The third kappa shape index (κ3) is 6.99. The zero-order valence-electron chi connectivity index (χ0n) is 8.73. The van der Waals surface area contributed by atoms with Crippen LogP contribution < -0.4 is 5.73 Å². The summed E-state index contributed by atoms with van der Waals surface area (Å²) in [4.78, 5) is 0. The molecule has 0 spiro atoms. The molecule has 0 heterocycles. The van der Waals surface area contributed by atoms with Gasteiger partial charge in [0.2, 0.25) is 0 Å². The van der Waals surface area contributed by atoms with Crippen molar-refractivity contribution in [2.24, 2.45) is 11.1 Å². The lowest BCUT2D eigenvalue weighted by Gasteiger charge is -2.21. The molecule has 0 saturated heterocycles. The Hall–Kier alpha value is 0.310. The quantitative estimate of drug-likeness (QED) is 0.623. The largest absolute Gasteiger partial charge is 0.330 e. The molecular formula is C10H23NS. The normalized spacial score (nSPS) is 12.0. The van der Waals surface area contributed by atoms with Crippen LogP contribution in [0.5, 0.6) is 0 Å². The summed E-state index contributed by atoms with van der Waals surface area (Å²) in [5.41, 5.74) is 5.95. The van der Waals surface area contributed by atoms with Gasteiger partial charge in [-0.25, -0.2) is 0 Å². The first kappa shape index (κ1) is 12.3. The van der Waals surface area contributed by atoms with Crippen LogP contribution in [0.15, 0.2) is 0 Å². The van der Waals surface area contributed by atoms with Gasteiger partial charge in [0.25, 0.3) is 0 Å². The van der Waals surface area contributed by atoms with Gasteiger partial charge in [-0.05, 0) is 24.0 Å². The van der Waals surface area contributed by atoms with E-state index in [4.69, 9.17) is 5.73 Å². The highest BCUT2D eigenvalue weighted by atomic mass is 32.2. The Morgan fingerprint density at radius 3 is 2.42 bits per heavy atom. The summed E-state index contributed by atoms with van der Waals surface area (Å²) in [5.74, 6) is 2.40. The van der Waals surface area contributed by atoms with Crippen LogP contribution in [0.3, 0.4) is 0 Å². The predicted octanol–water partition coefficient (Wildman–Crippen LogP) is 2.89. The molecule has 2 N–H and O–H groups in total. The van der Waals surface area contributed by atoms with Crippen LogP contribution in [0.4, 0.5) is 0 Å². The second kappa shape index (κ2) is 6.79. The van der Waals surface area contributed by atoms with Gasteiger partial charge in [-0.1, -0.05) is 27.2 Å². The van der Waals surface area contributed by atoms with Gasteiger partial charge in [0.15, 0.2) is 0 Å². The fourth-order valence-electron chi connectivity index (χ4n) is 1.01. The number of nitrogens with two attached hydrogens (primary N) is 1. The molecule has 0 aromatic carbocycles. The van der Waals surface area contributed by atoms with Crippen LogP contribution in [0.1, 0.15) is 40.0 Å². The van der Waals surface area contributed by atoms with Gasteiger partial charge in [0.1, 0.15) is 0 Å². The first-order valence-electron chi connectivity index (χ1n) is 4.90. The Bertz CT molecular complexity index is 102. The molecule has 0 aromatic rings. The SMILES string of the molecule is CCC(C)(C)CCCSCCN. The van der Waals surface area contributed by atoms with Crippen LogP contribution in [0, 0.1) is 5.41 Å². The lowest BCUT2D eigenvalue weighted by Crippen LogP contribution is -2.09. The molecule has 0 saturated carbocycles. The van der Waals surface area contributed by atoms with Crippen molar-refractivity contribution in [2.75, 3.05) is 18.1 Å². The molecule has 0 atom stereocenters. The van der Waals surface area contributed by atoms with E-state index < -0.39 is 0 Å². The topological polar surface area (TPSA) is 26.0 Å². The van der Waals surface area contributed by atoms with Crippen LogP contribution in [0.25, 0.3) is 0 Å². The summed E-state index contributed by atoms with van der Waals surface area (Å²) >= 11 is 1.98. The second-order valence-corrected chi connectivity index (χ2v) is 5.25. The number of thioether (sulfide) groups is 1. The molecule has 1 nitrogen and oxygen atoms in total. The van der Waals surface area contributed by atoms with Crippen LogP contribution in [0.2, 0.25) is 0 Å². The molecule has 2 heteroatoms. The van der Waals surface area contributed by atoms with Crippen LogP contribution in [-0.4, -0.2) is 18.1 Å². The van der Waals surface area contributed by atoms with Crippen molar-refractivity contribution in [3.05, 3.63) is 0 Å². The van der Waals surface area contributed by atoms with Gasteiger partial charge in [-0.3, -0.25) is 0 Å². The van der Waals surface area contributed by atoms with Crippen molar-refractivity contribution in [1.29, 1.82) is 0 Å². The number of rotatable bonds is 7. The van der Waals surface area contributed by atoms with Crippen molar-refractivity contribution in [2.45, 2.75) is 40.0 Å². The summed E-state index contributed by atoms with van der Waals surface area (Å²) in [5, 5.41) is 0. The van der Waals surface area contributed by atoms with E-state index in [2.05, 4.69) is 20.8 Å². The van der Waals surface area contributed by atoms with Crippen molar-refractivity contribution in [1.82, 2.24) is 0 Å². The summed E-state index contributed by atoms with van der Waals surface area (Å²) in [6, 6.07) is 0. The molecule has 0 unspecified atom stereocenters. The van der Waals surface area contributed by atoms with E-state index in [9.17, 15) is 0 Å². The molecule has 12 heavy (non-hydrogen) atoms. The van der Waals surface area contributed by atoms with E-state index in [0.29, 0.717) is 5.41 Å². The molecular weight excluding hydrogens is 166 g/mol. The Morgan fingerprint density at radius 2 is 1.92 bits per heavy atom. The lowest BCUT2D eigenvalue weighted by atomic mass is 9.86.